The van der Waals surface area contributed by atoms with Gasteiger partial charge in [0.25, 0.3) is 17.0 Å². The van der Waals surface area contributed by atoms with Gasteiger partial charge in [-0.25, -0.2) is 4.98 Å². The molecule has 0 unspecified atom stereocenters. The van der Waals surface area contributed by atoms with Gasteiger partial charge in [0, 0.05) is 36.3 Å². The van der Waals surface area contributed by atoms with E-state index < -0.39 is 0 Å². The number of aromatic nitrogens is 3. The third-order valence-electron chi connectivity index (χ3n) is 5.50. The first kappa shape index (κ1) is 19.1. The quantitative estimate of drug-likeness (QED) is 0.715. The normalized spacial score (nSPS) is 13.7. The van der Waals surface area contributed by atoms with Crippen molar-refractivity contribution in [3.05, 3.63) is 73.2 Å². The molecule has 0 saturated heterocycles. The zero-order valence-electron chi connectivity index (χ0n) is 16.7. The molecule has 7 heteroatoms. The fraction of sp³-hybridized carbons (Fsp3) is 0.364. The maximum atomic E-state index is 12.8. The van der Waals surface area contributed by atoms with Crippen LogP contribution in [0.2, 0.25) is 0 Å². The Balaban J connectivity index is 1.62. The highest BCUT2D eigenvalue weighted by molar-refractivity contribution is 5.97. The number of fused-ring (bicyclic) bond motifs is 2. The summed E-state index contributed by atoms with van der Waals surface area (Å²) in [5, 5.41) is 3.32. The maximum absolute atomic E-state index is 12.8. The number of hydrogen-bond donors (Lipinski definition) is 2. The predicted molar refractivity (Wildman–Crippen MR) is 111 cm³/mol. The lowest BCUT2D eigenvalue weighted by molar-refractivity contribution is 0.0951. The Morgan fingerprint density at radius 1 is 1.17 bits per heavy atom. The fourth-order valence-corrected chi connectivity index (χ4v) is 3.93. The Labute approximate surface area is 167 Å². The van der Waals surface area contributed by atoms with E-state index in [-0.39, 0.29) is 23.6 Å². The molecule has 0 fully saturated rings. The molecule has 0 bridgehead atoms. The minimum Gasteiger partial charge on any atom is -0.348 e. The molecule has 2 aromatic heterocycles. The summed E-state index contributed by atoms with van der Waals surface area (Å²) < 4.78 is 1.77. The number of amides is 1. The van der Waals surface area contributed by atoms with Crippen LogP contribution in [0.15, 0.2) is 33.9 Å². The van der Waals surface area contributed by atoms with Crippen LogP contribution in [-0.2, 0) is 19.5 Å². The zero-order chi connectivity index (χ0) is 20.5. The first-order valence-electron chi connectivity index (χ1n) is 9.95. The molecule has 1 aliphatic heterocycles. The van der Waals surface area contributed by atoms with E-state index in [4.69, 9.17) is 0 Å². The molecule has 3 aromatic rings. The van der Waals surface area contributed by atoms with Crippen LogP contribution in [0.1, 0.15) is 52.3 Å². The van der Waals surface area contributed by atoms with Crippen LogP contribution in [-0.4, -0.2) is 20.4 Å². The molecule has 0 aliphatic carbocycles. The number of benzene rings is 1. The second kappa shape index (κ2) is 7.66. The molecule has 1 amide bonds. The van der Waals surface area contributed by atoms with Crippen LogP contribution < -0.4 is 16.4 Å². The van der Waals surface area contributed by atoms with Gasteiger partial charge < -0.3 is 10.3 Å². The zero-order valence-corrected chi connectivity index (χ0v) is 16.7. The molecule has 2 N–H and O–H groups in total. The van der Waals surface area contributed by atoms with Crippen molar-refractivity contribution in [3.63, 3.8) is 0 Å². The van der Waals surface area contributed by atoms with Gasteiger partial charge in [0.2, 0.25) is 0 Å². The lowest BCUT2D eigenvalue weighted by Crippen LogP contribution is -2.28. The average molecular weight is 392 g/mol. The lowest BCUT2D eigenvalue weighted by atomic mass is 10.1. The monoisotopic (exact) mass is 392 g/mol. The number of aryl methyl sites for hydroxylation is 3. The number of H-pyrrole nitrogens is 1. The van der Waals surface area contributed by atoms with Crippen molar-refractivity contribution in [1.82, 2.24) is 19.9 Å². The highest BCUT2D eigenvalue weighted by Gasteiger charge is 2.16. The van der Waals surface area contributed by atoms with E-state index in [1.54, 1.807) is 22.8 Å². The van der Waals surface area contributed by atoms with Gasteiger partial charge in [0.1, 0.15) is 5.82 Å². The highest BCUT2D eigenvalue weighted by Crippen LogP contribution is 2.16. The van der Waals surface area contributed by atoms with Crippen LogP contribution in [0, 0.1) is 13.8 Å². The van der Waals surface area contributed by atoms with Crippen LogP contribution in [0.5, 0.6) is 0 Å². The van der Waals surface area contributed by atoms with Crippen molar-refractivity contribution >= 4 is 16.8 Å². The summed E-state index contributed by atoms with van der Waals surface area (Å²) in [6, 6.07) is 6.84. The minimum atomic E-state index is -0.303. The fourth-order valence-electron chi connectivity index (χ4n) is 3.93. The summed E-state index contributed by atoms with van der Waals surface area (Å²) in [7, 11) is 0. The van der Waals surface area contributed by atoms with Gasteiger partial charge in [-0.1, -0.05) is 6.42 Å². The van der Waals surface area contributed by atoms with E-state index in [9.17, 15) is 14.4 Å². The summed E-state index contributed by atoms with van der Waals surface area (Å²) in [6.45, 7) is 4.51. The van der Waals surface area contributed by atoms with E-state index in [0.717, 1.165) is 42.8 Å². The third kappa shape index (κ3) is 3.72. The molecule has 29 heavy (non-hydrogen) atoms. The SMILES string of the molecule is Cc1cc(C)c(CNC(=O)c2ccc3c(=O)n4c(nc3c2)CCCCC4)c(=O)[nH]1. The number of rotatable bonds is 3. The summed E-state index contributed by atoms with van der Waals surface area (Å²) >= 11 is 0. The van der Waals surface area contributed by atoms with Crippen molar-refractivity contribution < 1.29 is 4.79 Å². The molecular formula is C22H24N4O3. The van der Waals surface area contributed by atoms with Crippen LogP contribution in [0.3, 0.4) is 0 Å². The molecule has 0 saturated carbocycles. The van der Waals surface area contributed by atoms with E-state index in [2.05, 4.69) is 15.3 Å². The van der Waals surface area contributed by atoms with Crippen molar-refractivity contribution in [1.29, 1.82) is 0 Å². The molecular weight excluding hydrogens is 368 g/mol. The Morgan fingerprint density at radius 2 is 2.00 bits per heavy atom. The first-order chi connectivity index (χ1) is 13.9. The second-order valence-electron chi connectivity index (χ2n) is 7.65. The summed E-state index contributed by atoms with van der Waals surface area (Å²) in [4.78, 5) is 45.0. The van der Waals surface area contributed by atoms with E-state index in [1.807, 2.05) is 19.9 Å². The van der Waals surface area contributed by atoms with Gasteiger partial charge in [-0.2, -0.15) is 0 Å². The van der Waals surface area contributed by atoms with Crippen LogP contribution in [0.25, 0.3) is 10.9 Å². The third-order valence-corrected chi connectivity index (χ3v) is 5.50. The lowest BCUT2D eigenvalue weighted by Gasteiger charge is -2.11. The van der Waals surface area contributed by atoms with Gasteiger partial charge in [-0.15, -0.1) is 0 Å². The van der Waals surface area contributed by atoms with Crippen LogP contribution in [0.4, 0.5) is 0 Å². The molecule has 3 heterocycles. The molecule has 0 spiro atoms. The van der Waals surface area contributed by atoms with Crippen molar-refractivity contribution in [2.24, 2.45) is 0 Å². The number of pyridine rings is 1. The van der Waals surface area contributed by atoms with Gasteiger partial charge in [0.15, 0.2) is 0 Å². The standard InChI is InChI=1S/C22H24N4O3/c1-13-10-14(2)24-21(28)17(13)12-23-20(27)15-7-8-16-18(11-15)25-19-6-4-3-5-9-26(19)22(16)29/h7-8,10-11H,3-6,9,12H2,1-2H3,(H,23,27)(H,24,28). The number of nitrogens with zero attached hydrogens (tertiary/aromatic N) is 2. The number of carbonyl (C=O) groups is 1. The predicted octanol–water partition coefficient (Wildman–Crippen LogP) is 2.36. The van der Waals surface area contributed by atoms with Gasteiger partial charge in [-0.3, -0.25) is 19.0 Å². The van der Waals surface area contributed by atoms with Crippen molar-refractivity contribution in [2.75, 3.05) is 0 Å². The first-order valence-corrected chi connectivity index (χ1v) is 9.95. The molecule has 0 atom stereocenters. The largest absolute Gasteiger partial charge is 0.348 e. The number of aromatic amines is 1. The van der Waals surface area contributed by atoms with Gasteiger partial charge in [0.05, 0.1) is 10.9 Å². The van der Waals surface area contributed by atoms with E-state index >= 15 is 0 Å². The van der Waals surface area contributed by atoms with E-state index in [1.165, 1.54) is 0 Å². The topological polar surface area (TPSA) is 96.8 Å². The highest BCUT2D eigenvalue weighted by atomic mass is 16.2. The van der Waals surface area contributed by atoms with Crippen molar-refractivity contribution in [2.45, 2.75) is 52.6 Å². The Hall–Kier alpha value is -3.22. The van der Waals surface area contributed by atoms with Crippen molar-refractivity contribution in [3.8, 4) is 0 Å². The minimum absolute atomic E-state index is 0.0410. The number of carbonyl (C=O) groups excluding carboxylic acids is 1. The molecule has 7 nitrogen and oxygen atoms in total. The summed E-state index contributed by atoms with van der Waals surface area (Å²) in [6.07, 6.45) is 3.86. The second-order valence-corrected chi connectivity index (χ2v) is 7.65. The number of nitrogens with one attached hydrogen (secondary N) is 2. The summed E-state index contributed by atoms with van der Waals surface area (Å²) in [5.74, 6) is 0.488. The molecule has 1 aromatic carbocycles. The Morgan fingerprint density at radius 3 is 2.79 bits per heavy atom. The smallest absolute Gasteiger partial charge is 0.261 e. The molecule has 1 aliphatic rings. The molecule has 0 radical (unpaired) electrons. The number of hydrogen-bond acceptors (Lipinski definition) is 4. The van der Waals surface area contributed by atoms with Gasteiger partial charge in [-0.05, 0) is 56.5 Å². The average Bonchev–Trinajstić information content (AvgIpc) is 2.92. The molecule has 4 rings (SSSR count). The summed E-state index contributed by atoms with van der Waals surface area (Å²) in [5.41, 5.74) is 2.88. The molecule has 150 valence electrons. The van der Waals surface area contributed by atoms with Crippen LogP contribution >= 0.6 is 0 Å². The Kier molecular flexibility index (Phi) is 5.05. The van der Waals surface area contributed by atoms with E-state index in [0.29, 0.717) is 28.6 Å². The van der Waals surface area contributed by atoms with Gasteiger partial charge >= 0.3 is 0 Å². The maximum Gasteiger partial charge on any atom is 0.261 e. The Bertz CT molecular complexity index is 1220.